The summed E-state index contributed by atoms with van der Waals surface area (Å²) in [5.74, 6) is 0.716. The number of rotatable bonds is 10. The van der Waals surface area contributed by atoms with Crippen LogP contribution in [0.3, 0.4) is 0 Å². The Kier molecular flexibility index (Phi) is 7.06. The van der Waals surface area contributed by atoms with Gasteiger partial charge in [-0.2, -0.15) is 0 Å². The molecule has 5 heteroatoms. The van der Waals surface area contributed by atoms with Gasteiger partial charge in [-0.25, -0.2) is 0 Å². The molecule has 0 aromatic heterocycles. The van der Waals surface area contributed by atoms with E-state index < -0.39 is 5.97 Å². The molecule has 0 spiro atoms. The first-order chi connectivity index (χ1) is 11.5. The molecule has 0 unspecified atom stereocenters. The van der Waals surface area contributed by atoms with Gasteiger partial charge in [0.1, 0.15) is 5.75 Å². The van der Waals surface area contributed by atoms with Crippen LogP contribution in [0.2, 0.25) is 0 Å². The average Bonchev–Trinajstić information content (AvgIpc) is 2.50. The molecule has 24 heavy (non-hydrogen) atoms. The quantitative estimate of drug-likeness (QED) is 0.689. The van der Waals surface area contributed by atoms with Crippen LogP contribution >= 0.6 is 0 Å². The molecular formula is C19H30N2O3. The van der Waals surface area contributed by atoms with Gasteiger partial charge in [0.15, 0.2) is 0 Å². The zero-order valence-corrected chi connectivity index (χ0v) is 15.0. The van der Waals surface area contributed by atoms with Gasteiger partial charge >= 0.3 is 5.97 Å². The van der Waals surface area contributed by atoms with Crippen molar-refractivity contribution in [2.45, 2.75) is 52.2 Å². The number of aliphatic carboxylic acids is 1. The van der Waals surface area contributed by atoms with Crippen LogP contribution in [0.25, 0.3) is 0 Å². The summed E-state index contributed by atoms with van der Waals surface area (Å²) in [5.41, 5.74) is 1.18. The van der Waals surface area contributed by atoms with Crippen molar-refractivity contribution in [3.63, 3.8) is 0 Å². The number of nitrogens with one attached hydrogen (secondary N) is 1. The molecule has 134 valence electrons. The van der Waals surface area contributed by atoms with E-state index in [1.165, 1.54) is 5.56 Å². The van der Waals surface area contributed by atoms with Gasteiger partial charge in [-0.1, -0.05) is 39.0 Å². The molecule has 1 aliphatic carbocycles. The van der Waals surface area contributed by atoms with Crippen LogP contribution in [0.4, 0.5) is 0 Å². The molecule has 0 atom stereocenters. The lowest BCUT2D eigenvalue weighted by molar-refractivity contribution is -0.139. The minimum Gasteiger partial charge on any atom is -0.493 e. The maximum absolute atomic E-state index is 10.9. The van der Waals surface area contributed by atoms with Gasteiger partial charge in [0.05, 0.1) is 13.2 Å². The highest BCUT2D eigenvalue weighted by Gasteiger charge is 2.33. The number of nitrogens with zero attached hydrogens (tertiary/aromatic N) is 1. The summed E-state index contributed by atoms with van der Waals surface area (Å²) in [6.07, 6.45) is 2.02. The number of ether oxygens (including phenoxy) is 1. The van der Waals surface area contributed by atoms with Crippen molar-refractivity contribution >= 4 is 5.97 Å². The normalized spacial score (nSPS) is 20.2. The fourth-order valence-electron chi connectivity index (χ4n) is 3.03. The molecule has 1 aromatic carbocycles. The van der Waals surface area contributed by atoms with E-state index in [0.717, 1.165) is 38.3 Å². The summed E-state index contributed by atoms with van der Waals surface area (Å²) >= 11 is 0. The van der Waals surface area contributed by atoms with E-state index in [1.807, 2.05) is 30.0 Å². The number of hydrogen-bond donors (Lipinski definition) is 2. The first-order valence-corrected chi connectivity index (χ1v) is 8.89. The Bertz CT molecular complexity index is 527. The van der Waals surface area contributed by atoms with E-state index in [1.54, 1.807) is 0 Å². The topological polar surface area (TPSA) is 61.8 Å². The summed E-state index contributed by atoms with van der Waals surface area (Å²) in [5, 5.41) is 12.5. The molecule has 0 amide bonds. The van der Waals surface area contributed by atoms with Crippen LogP contribution < -0.4 is 10.1 Å². The van der Waals surface area contributed by atoms with Crippen molar-refractivity contribution in [2.24, 2.45) is 5.92 Å². The van der Waals surface area contributed by atoms with E-state index >= 15 is 0 Å². The third-order valence-electron chi connectivity index (χ3n) is 4.50. The number of hydrogen-bond acceptors (Lipinski definition) is 4. The minimum atomic E-state index is -0.746. The summed E-state index contributed by atoms with van der Waals surface area (Å²) in [6, 6.07) is 9.00. The lowest BCUT2D eigenvalue weighted by atomic mass is 9.85. The number of carboxylic acid groups (broad SMARTS) is 1. The molecule has 5 nitrogen and oxygen atoms in total. The number of carbonyl (C=O) groups is 1. The number of carboxylic acids is 1. The Morgan fingerprint density at radius 1 is 1.38 bits per heavy atom. The zero-order chi connectivity index (χ0) is 17.5. The second-order valence-electron chi connectivity index (χ2n) is 6.97. The molecule has 1 aromatic rings. The highest BCUT2D eigenvalue weighted by Crippen LogP contribution is 2.27. The van der Waals surface area contributed by atoms with Gasteiger partial charge in [-0.05, 0) is 31.4 Å². The molecule has 2 N–H and O–H groups in total. The highest BCUT2D eigenvalue weighted by atomic mass is 16.5. The van der Waals surface area contributed by atoms with Crippen molar-refractivity contribution in [1.29, 1.82) is 0 Å². The predicted octanol–water partition coefficient (Wildman–Crippen LogP) is 2.75. The van der Waals surface area contributed by atoms with E-state index in [4.69, 9.17) is 9.84 Å². The fourth-order valence-corrected chi connectivity index (χ4v) is 3.03. The van der Waals surface area contributed by atoms with Crippen LogP contribution in [0.15, 0.2) is 24.3 Å². The summed E-state index contributed by atoms with van der Waals surface area (Å²) < 4.78 is 5.89. The number of likely N-dealkylation sites (N-methyl/N-ethyl adjacent to an activating group) is 1. The molecule has 1 saturated carbocycles. The first kappa shape index (κ1) is 18.7. The van der Waals surface area contributed by atoms with Crippen LogP contribution in [-0.4, -0.2) is 47.8 Å². The van der Waals surface area contributed by atoms with Gasteiger partial charge < -0.3 is 15.2 Å². The Morgan fingerprint density at radius 2 is 2.08 bits per heavy atom. The summed E-state index contributed by atoms with van der Waals surface area (Å²) in [7, 11) is 0. The van der Waals surface area contributed by atoms with Crippen molar-refractivity contribution in [3.05, 3.63) is 29.8 Å². The Labute approximate surface area is 145 Å². The molecule has 0 bridgehead atoms. The lowest BCUT2D eigenvalue weighted by Crippen LogP contribution is -2.53. The van der Waals surface area contributed by atoms with Crippen LogP contribution in [-0.2, 0) is 11.3 Å². The molecule has 0 aliphatic heterocycles. The standard InChI is InChI=1S/C19H30N2O3/c1-4-21(12-19(22)23)17-9-16(10-17)20-11-15-7-5-6-8-18(15)24-13-14(2)3/h5-8,14,16-17,20H,4,9-13H2,1-3H3,(H,22,23). The van der Waals surface area contributed by atoms with Gasteiger partial charge in [-0.3, -0.25) is 9.69 Å². The van der Waals surface area contributed by atoms with Crippen LogP contribution in [0, 0.1) is 5.92 Å². The van der Waals surface area contributed by atoms with Crippen molar-refractivity contribution in [2.75, 3.05) is 19.7 Å². The Balaban J connectivity index is 1.78. The predicted molar refractivity (Wildman–Crippen MR) is 95.3 cm³/mol. The molecule has 0 saturated heterocycles. The molecule has 0 radical (unpaired) electrons. The molecule has 1 fully saturated rings. The fraction of sp³-hybridized carbons (Fsp3) is 0.632. The van der Waals surface area contributed by atoms with Crippen LogP contribution in [0.5, 0.6) is 5.75 Å². The monoisotopic (exact) mass is 334 g/mol. The van der Waals surface area contributed by atoms with Crippen LogP contribution in [0.1, 0.15) is 39.2 Å². The minimum absolute atomic E-state index is 0.139. The maximum atomic E-state index is 10.9. The third kappa shape index (κ3) is 5.49. The Hall–Kier alpha value is -1.59. The van der Waals surface area contributed by atoms with Gasteiger partial charge in [0.25, 0.3) is 0 Å². The van der Waals surface area contributed by atoms with Crippen molar-refractivity contribution in [3.8, 4) is 5.75 Å². The van der Waals surface area contributed by atoms with Crippen molar-refractivity contribution < 1.29 is 14.6 Å². The van der Waals surface area contributed by atoms with Gasteiger partial charge in [0.2, 0.25) is 0 Å². The maximum Gasteiger partial charge on any atom is 0.317 e. The lowest BCUT2D eigenvalue weighted by Gasteiger charge is -2.42. The highest BCUT2D eigenvalue weighted by molar-refractivity contribution is 5.69. The smallest absolute Gasteiger partial charge is 0.317 e. The second-order valence-corrected chi connectivity index (χ2v) is 6.97. The van der Waals surface area contributed by atoms with E-state index in [0.29, 0.717) is 18.0 Å². The SMILES string of the molecule is CCN(CC(=O)O)C1CC(NCc2ccccc2OCC(C)C)C1. The third-order valence-corrected chi connectivity index (χ3v) is 4.50. The number of benzene rings is 1. The summed E-state index contributed by atoms with van der Waals surface area (Å²) in [4.78, 5) is 12.9. The largest absolute Gasteiger partial charge is 0.493 e. The van der Waals surface area contributed by atoms with Gasteiger partial charge in [0, 0.05) is 24.2 Å². The number of para-hydroxylation sites is 1. The van der Waals surface area contributed by atoms with E-state index in [2.05, 4.69) is 25.2 Å². The molecule has 0 heterocycles. The molecule has 1 aliphatic rings. The van der Waals surface area contributed by atoms with E-state index in [9.17, 15) is 4.79 Å². The second kappa shape index (κ2) is 9.04. The molecular weight excluding hydrogens is 304 g/mol. The van der Waals surface area contributed by atoms with Crippen molar-refractivity contribution in [1.82, 2.24) is 10.2 Å². The zero-order valence-electron chi connectivity index (χ0n) is 15.0. The molecule has 2 rings (SSSR count). The Morgan fingerprint density at radius 3 is 2.71 bits per heavy atom. The van der Waals surface area contributed by atoms with Gasteiger partial charge in [-0.15, -0.1) is 0 Å². The summed E-state index contributed by atoms with van der Waals surface area (Å²) in [6.45, 7) is 8.75. The van der Waals surface area contributed by atoms with E-state index in [-0.39, 0.29) is 6.54 Å². The first-order valence-electron chi connectivity index (χ1n) is 8.89. The average molecular weight is 334 g/mol.